The topological polar surface area (TPSA) is 30.0 Å². The van der Waals surface area contributed by atoms with Crippen molar-refractivity contribution in [3.63, 3.8) is 0 Å². The van der Waals surface area contributed by atoms with Crippen LogP contribution in [0.1, 0.15) is 21.9 Å². The first kappa shape index (κ1) is 9.30. The first-order valence-corrected chi connectivity index (χ1v) is 4.88. The summed E-state index contributed by atoms with van der Waals surface area (Å²) in [6.07, 6.45) is 1.48. The van der Waals surface area contributed by atoms with Crippen molar-refractivity contribution in [1.29, 1.82) is 0 Å². The molecule has 0 fully saturated rings. The van der Waals surface area contributed by atoms with Crippen LogP contribution in [0.2, 0.25) is 0 Å². The summed E-state index contributed by atoms with van der Waals surface area (Å²) in [5.74, 6) is 6.48. The molecule has 1 aromatic rings. The highest BCUT2D eigenvalue weighted by Crippen LogP contribution is 2.05. The van der Waals surface area contributed by atoms with Crippen LogP contribution in [0.3, 0.4) is 0 Å². The number of hydrogen-bond acceptors (Lipinski definition) is 4. The second-order valence-electron chi connectivity index (χ2n) is 1.96. The van der Waals surface area contributed by atoms with Gasteiger partial charge in [0.05, 0.1) is 0 Å². The zero-order chi connectivity index (χ0) is 8.81. The van der Waals surface area contributed by atoms with Gasteiger partial charge < -0.3 is 0 Å². The van der Waals surface area contributed by atoms with Gasteiger partial charge in [-0.1, -0.05) is 5.92 Å². The second kappa shape index (κ2) is 4.96. The molecule has 0 spiro atoms. The summed E-state index contributed by atoms with van der Waals surface area (Å²) < 4.78 is 0. The maximum Gasteiger partial charge on any atom is 0.178 e. The number of thiazole rings is 1. The third-order valence-corrected chi connectivity index (χ3v) is 2.07. The summed E-state index contributed by atoms with van der Waals surface area (Å²) in [5.41, 5.74) is 0.670. The predicted octanol–water partition coefficient (Wildman–Crippen LogP) is 1.63. The Morgan fingerprint density at radius 1 is 1.75 bits per heavy atom. The number of aromatic nitrogens is 1. The number of carbonyl (C=O) groups excluding carboxylic acids is 1. The molecule has 2 nitrogen and oxygen atoms in total. The number of hydrogen-bond donors (Lipinski definition) is 1. The van der Waals surface area contributed by atoms with Crippen LogP contribution in [0.15, 0.2) is 5.38 Å². The van der Waals surface area contributed by atoms with Crippen LogP contribution in [-0.4, -0.2) is 17.0 Å². The SMILES string of the molecule is O=Cc1nc(C#CCCS)cs1. The van der Waals surface area contributed by atoms with Gasteiger partial charge >= 0.3 is 0 Å². The van der Waals surface area contributed by atoms with Crippen molar-refractivity contribution < 1.29 is 4.79 Å². The predicted molar refractivity (Wildman–Crippen MR) is 52.8 cm³/mol. The average molecular weight is 197 g/mol. The smallest absolute Gasteiger partial charge is 0.178 e. The Morgan fingerprint density at radius 2 is 2.58 bits per heavy atom. The quantitative estimate of drug-likeness (QED) is 0.443. The number of aldehydes is 1. The molecular formula is C8H7NOS2. The molecule has 0 N–H and O–H groups in total. The van der Waals surface area contributed by atoms with Crippen molar-refractivity contribution >= 4 is 30.3 Å². The Hall–Kier alpha value is -0.790. The first-order valence-electron chi connectivity index (χ1n) is 3.37. The lowest BCUT2D eigenvalue weighted by Crippen LogP contribution is -1.78. The Morgan fingerprint density at radius 3 is 3.17 bits per heavy atom. The molecule has 0 amide bonds. The minimum absolute atomic E-state index is 0.477. The molecule has 1 heterocycles. The van der Waals surface area contributed by atoms with Crippen molar-refractivity contribution in [2.24, 2.45) is 0 Å². The van der Waals surface area contributed by atoms with E-state index in [2.05, 4.69) is 29.5 Å². The lowest BCUT2D eigenvalue weighted by molar-refractivity contribution is 0.112. The van der Waals surface area contributed by atoms with E-state index in [9.17, 15) is 4.79 Å². The molecule has 1 rings (SSSR count). The molecule has 0 unspecified atom stereocenters. The molecule has 1 aromatic heterocycles. The van der Waals surface area contributed by atoms with Gasteiger partial charge in [-0.15, -0.1) is 11.3 Å². The molecular weight excluding hydrogens is 190 g/mol. The summed E-state index contributed by atoms with van der Waals surface area (Å²) in [4.78, 5) is 14.2. The highest BCUT2D eigenvalue weighted by atomic mass is 32.1. The van der Waals surface area contributed by atoms with Gasteiger partial charge in [-0.3, -0.25) is 4.79 Å². The summed E-state index contributed by atoms with van der Waals surface area (Å²) in [6.45, 7) is 0. The molecule has 0 saturated heterocycles. The highest BCUT2D eigenvalue weighted by molar-refractivity contribution is 7.80. The van der Waals surface area contributed by atoms with Crippen LogP contribution in [0.5, 0.6) is 0 Å². The van der Waals surface area contributed by atoms with Gasteiger partial charge in [0, 0.05) is 17.6 Å². The number of thiol groups is 1. The van der Waals surface area contributed by atoms with E-state index in [-0.39, 0.29) is 0 Å². The molecule has 4 heteroatoms. The van der Waals surface area contributed by atoms with Crippen LogP contribution in [0, 0.1) is 11.8 Å². The molecule has 0 bridgehead atoms. The van der Waals surface area contributed by atoms with E-state index in [1.165, 1.54) is 11.3 Å². The first-order chi connectivity index (χ1) is 5.86. The van der Waals surface area contributed by atoms with E-state index in [0.29, 0.717) is 10.7 Å². The van der Waals surface area contributed by atoms with Gasteiger partial charge in [0.1, 0.15) is 5.69 Å². The van der Waals surface area contributed by atoms with E-state index in [1.54, 1.807) is 5.38 Å². The second-order valence-corrected chi connectivity index (χ2v) is 3.30. The highest BCUT2D eigenvalue weighted by Gasteiger charge is 1.95. The Kier molecular flexibility index (Phi) is 3.85. The molecule has 62 valence electrons. The maximum absolute atomic E-state index is 10.2. The molecule has 0 aliphatic heterocycles. The van der Waals surface area contributed by atoms with E-state index in [0.717, 1.165) is 18.5 Å². The fourth-order valence-corrected chi connectivity index (χ4v) is 1.27. The summed E-state index contributed by atoms with van der Waals surface area (Å²) >= 11 is 5.32. The maximum atomic E-state index is 10.2. The van der Waals surface area contributed by atoms with E-state index < -0.39 is 0 Å². The minimum atomic E-state index is 0.477. The zero-order valence-corrected chi connectivity index (χ0v) is 7.99. The van der Waals surface area contributed by atoms with Gasteiger partial charge in [0.25, 0.3) is 0 Å². The van der Waals surface area contributed by atoms with Crippen LogP contribution in [-0.2, 0) is 0 Å². The van der Waals surface area contributed by atoms with E-state index in [4.69, 9.17) is 0 Å². The zero-order valence-electron chi connectivity index (χ0n) is 6.28. The molecule has 0 radical (unpaired) electrons. The van der Waals surface area contributed by atoms with Crippen molar-refractivity contribution in [2.45, 2.75) is 6.42 Å². The van der Waals surface area contributed by atoms with Crippen molar-refractivity contribution in [1.82, 2.24) is 4.98 Å². The van der Waals surface area contributed by atoms with E-state index in [1.807, 2.05) is 0 Å². The molecule has 0 aliphatic carbocycles. The van der Waals surface area contributed by atoms with Crippen LogP contribution in [0.25, 0.3) is 0 Å². The van der Waals surface area contributed by atoms with Crippen molar-refractivity contribution in [3.8, 4) is 11.8 Å². The number of carbonyl (C=O) groups is 1. The fraction of sp³-hybridized carbons (Fsp3) is 0.250. The van der Waals surface area contributed by atoms with Crippen LogP contribution < -0.4 is 0 Å². The summed E-state index contributed by atoms with van der Waals surface area (Å²) in [5, 5.41) is 2.25. The Labute approximate surface area is 80.4 Å². The van der Waals surface area contributed by atoms with Gasteiger partial charge in [-0.25, -0.2) is 4.98 Å². The lowest BCUT2D eigenvalue weighted by atomic mass is 10.4. The van der Waals surface area contributed by atoms with Crippen molar-refractivity contribution in [3.05, 3.63) is 16.1 Å². The fourth-order valence-electron chi connectivity index (χ4n) is 0.608. The number of nitrogens with zero attached hydrogens (tertiary/aromatic N) is 1. The van der Waals surface area contributed by atoms with E-state index >= 15 is 0 Å². The van der Waals surface area contributed by atoms with Gasteiger partial charge in [0.2, 0.25) is 0 Å². The molecule has 12 heavy (non-hydrogen) atoms. The number of rotatable bonds is 2. The van der Waals surface area contributed by atoms with Crippen LogP contribution in [0.4, 0.5) is 0 Å². The Balaban J connectivity index is 2.65. The largest absolute Gasteiger partial charge is 0.295 e. The normalized spacial score (nSPS) is 8.75. The lowest BCUT2D eigenvalue weighted by Gasteiger charge is -1.77. The molecule has 0 aromatic carbocycles. The average Bonchev–Trinajstić information content (AvgIpc) is 2.53. The van der Waals surface area contributed by atoms with Gasteiger partial charge in [-0.05, 0) is 5.92 Å². The van der Waals surface area contributed by atoms with Gasteiger partial charge in [0.15, 0.2) is 11.3 Å². The summed E-state index contributed by atoms with van der Waals surface area (Å²) in [6, 6.07) is 0. The summed E-state index contributed by atoms with van der Waals surface area (Å²) in [7, 11) is 0. The minimum Gasteiger partial charge on any atom is -0.295 e. The van der Waals surface area contributed by atoms with Crippen molar-refractivity contribution in [2.75, 3.05) is 5.75 Å². The molecule has 0 atom stereocenters. The van der Waals surface area contributed by atoms with Gasteiger partial charge in [-0.2, -0.15) is 12.6 Å². The standard InChI is InChI=1S/C8H7NOS2/c10-5-8-9-7(6-12-8)3-1-2-4-11/h5-6,11H,2,4H2. The van der Waals surface area contributed by atoms with Crippen LogP contribution >= 0.6 is 24.0 Å². The molecule has 0 aliphatic rings. The molecule has 0 saturated carbocycles. The third-order valence-electron chi connectivity index (χ3n) is 1.08. The third kappa shape index (κ3) is 2.68. The monoisotopic (exact) mass is 197 g/mol. The Bertz CT molecular complexity index is 321.